The van der Waals surface area contributed by atoms with Crippen molar-refractivity contribution in [2.45, 2.75) is 59.9 Å². The minimum absolute atomic E-state index is 0.222. The predicted molar refractivity (Wildman–Crippen MR) is 123 cm³/mol. The zero-order valence-electron chi connectivity index (χ0n) is 18.4. The molecule has 3 nitrogen and oxygen atoms in total. The number of rotatable bonds is 9. The molecule has 0 aliphatic heterocycles. The van der Waals surface area contributed by atoms with E-state index >= 15 is 0 Å². The molecule has 1 heterocycles. The van der Waals surface area contributed by atoms with E-state index in [9.17, 15) is 4.79 Å². The third-order valence-corrected chi connectivity index (χ3v) is 5.62. The van der Waals surface area contributed by atoms with Crippen molar-refractivity contribution in [2.75, 3.05) is 13.1 Å². The fraction of sp³-hybridized carbons (Fsp3) is 0.423. The Kier molecular flexibility index (Phi) is 7.13. The van der Waals surface area contributed by atoms with Crippen LogP contribution in [0, 0.1) is 13.8 Å². The maximum atomic E-state index is 13.3. The molecule has 3 rings (SSSR count). The van der Waals surface area contributed by atoms with E-state index in [4.69, 9.17) is 0 Å². The molecule has 0 unspecified atom stereocenters. The van der Waals surface area contributed by atoms with Crippen molar-refractivity contribution in [3.63, 3.8) is 0 Å². The second-order valence-electron chi connectivity index (χ2n) is 8.13. The Hall–Kier alpha value is -2.55. The predicted octanol–water partition coefficient (Wildman–Crippen LogP) is 6.35. The first-order chi connectivity index (χ1) is 14.0. The highest BCUT2D eigenvalue weighted by atomic mass is 16.2. The molecule has 1 aromatic heterocycles. The number of nitrogens with zero attached hydrogens (tertiary/aromatic N) is 2. The normalized spacial score (nSPS) is 11.2. The summed E-state index contributed by atoms with van der Waals surface area (Å²) in [4.78, 5) is 15.4. The molecule has 0 saturated carbocycles. The largest absolute Gasteiger partial charge is 0.341 e. The summed E-state index contributed by atoms with van der Waals surface area (Å²) in [5.41, 5.74) is 5.87. The molecule has 0 N–H and O–H groups in total. The highest BCUT2D eigenvalue weighted by Gasteiger charge is 2.18. The Balaban J connectivity index is 1.99. The van der Waals surface area contributed by atoms with Crippen LogP contribution in [0.15, 0.2) is 48.5 Å². The molecule has 0 aliphatic rings. The lowest BCUT2D eigenvalue weighted by molar-refractivity contribution is -0.131. The molecule has 0 fully saturated rings. The van der Waals surface area contributed by atoms with Crippen LogP contribution in [0.5, 0.6) is 0 Å². The van der Waals surface area contributed by atoms with E-state index in [1.165, 1.54) is 16.5 Å². The molecule has 2 aromatic carbocycles. The number of fused-ring (bicyclic) bond motifs is 1. The summed E-state index contributed by atoms with van der Waals surface area (Å²) >= 11 is 0. The molecule has 0 spiro atoms. The summed E-state index contributed by atoms with van der Waals surface area (Å²) in [5, 5.41) is 1.19. The molecule has 154 valence electrons. The highest BCUT2D eigenvalue weighted by molar-refractivity contribution is 5.89. The van der Waals surface area contributed by atoms with E-state index in [-0.39, 0.29) is 5.91 Å². The molecule has 0 aliphatic carbocycles. The Bertz CT molecular complexity index is 945. The molecule has 3 aromatic rings. The zero-order chi connectivity index (χ0) is 20.8. The van der Waals surface area contributed by atoms with Gasteiger partial charge < -0.3 is 9.47 Å². The van der Waals surface area contributed by atoms with Gasteiger partial charge in [-0.15, -0.1) is 0 Å². The summed E-state index contributed by atoms with van der Waals surface area (Å²) in [7, 11) is 0. The van der Waals surface area contributed by atoms with Crippen LogP contribution in [0.3, 0.4) is 0 Å². The lowest BCUT2D eigenvalue weighted by Gasteiger charge is -2.23. The molecule has 3 heteroatoms. The lowest BCUT2D eigenvalue weighted by atomic mass is 10.1. The summed E-state index contributed by atoms with van der Waals surface area (Å²) < 4.78 is 2.21. The molecular weight excluding hydrogens is 356 g/mol. The van der Waals surface area contributed by atoms with Gasteiger partial charge >= 0.3 is 0 Å². The molecular formula is C26H34N2O. The van der Waals surface area contributed by atoms with Gasteiger partial charge in [-0.2, -0.15) is 0 Å². The topological polar surface area (TPSA) is 25.2 Å². The van der Waals surface area contributed by atoms with Crippen molar-refractivity contribution in [3.05, 3.63) is 59.7 Å². The monoisotopic (exact) mass is 390 g/mol. The van der Waals surface area contributed by atoms with Crippen molar-refractivity contribution in [1.29, 1.82) is 0 Å². The van der Waals surface area contributed by atoms with Crippen LogP contribution >= 0.6 is 0 Å². The number of benzene rings is 2. The molecule has 29 heavy (non-hydrogen) atoms. The maximum absolute atomic E-state index is 13.3. The van der Waals surface area contributed by atoms with Gasteiger partial charge in [0.1, 0.15) is 6.54 Å². The first kappa shape index (κ1) is 21.2. The molecule has 0 atom stereocenters. The van der Waals surface area contributed by atoms with Gasteiger partial charge in [0.05, 0.1) is 0 Å². The van der Waals surface area contributed by atoms with Crippen molar-refractivity contribution in [1.82, 2.24) is 9.47 Å². The van der Waals surface area contributed by atoms with Crippen LogP contribution in [0.25, 0.3) is 22.2 Å². The van der Waals surface area contributed by atoms with Crippen LogP contribution in [-0.4, -0.2) is 28.5 Å². The fourth-order valence-electron chi connectivity index (χ4n) is 3.79. The van der Waals surface area contributed by atoms with Crippen molar-refractivity contribution in [2.24, 2.45) is 0 Å². The van der Waals surface area contributed by atoms with Crippen LogP contribution in [0.4, 0.5) is 0 Å². The van der Waals surface area contributed by atoms with E-state index in [0.29, 0.717) is 6.54 Å². The number of aromatic nitrogens is 1. The zero-order valence-corrected chi connectivity index (χ0v) is 18.4. The van der Waals surface area contributed by atoms with Crippen LogP contribution in [0.1, 0.15) is 50.7 Å². The Morgan fingerprint density at radius 3 is 2.10 bits per heavy atom. The van der Waals surface area contributed by atoms with Crippen molar-refractivity contribution >= 4 is 16.8 Å². The van der Waals surface area contributed by atoms with Crippen molar-refractivity contribution < 1.29 is 4.79 Å². The van der Waals surface area contributed by atoms with E-state index < -0.39 is 0 Å². The third-order valence-electron chi connectivity index (χ3n) is 5.62. The van der Waals surface area contributed by atoms with Gasteiger partial charge in [0.15, 0.2) is 0 Å². The second kappa shape index (κ2) is 9.78. The van der Waals surface area contributed by atoms with Gasteiger partial charge in [0, 0.05) is 29.7 Å². The second-order valence-corrected chi connectivity index (χ2v) is 8.13. The Morgan fingerprint density at radius 2 is 1.48 bits per heavy atom. The number of aryl methyl sites for hydroxylation is 2. The van der Waals surface area contributed by atoms with Gasteiger partial charge in [-0.1, -0.05) is 68.7 Å². The fourth-order valence-corrected chi connectivity index (χ4v) is 3.79. The molecule has 0 saturated heterocycles. The first-order valence-electron chi connectivity index (χ1n) is 11.0. The number of unbranched alkanes of at least 4 members (excludes halogenated alkanes) is 2. The molecule has 0 radical (unpaired) electrons. The van der Waals surface area contributed by atoms with Gasteiger partial charge in [0.25, 0.3) is 0 Å². The standard InChI is InChI=1S/C26H34N2O/c1-5-7-15-27(16-8-6-2)26(29)19-28-24-17-21(4)11-14-23(24)18-25(28)22-12-9-20(3)10-13-22/h9-14,17-18H,5-8,15-16,19H2,1-4H3. The number of hydrogen-bond acceptors (Lipinski definition) is 1. The first-order valence-corrected chi connectivity index (χ1v) is 11.0. The number of carbonyl (C=O) groups is 1. The van der Waals surface area contributed by atoms with Crippen LogP contribution in [-0.2, 0) is 11.3 Å². The van der Waals surface area contributed by atoms with Crippen LogP contribution < -0.4 is 0 Å². The van der Waals surface area contributed by atoms with Gasteiger partial charge in [0.2, 0.25) is 5.91 Å². The average Bonchev–Trinajstić information content (AvgIpc) is 3.06. The quantitative estimate of drug-likeness (QED) is 0.418. The minimum atomic E-state index is 0.222. The summed E-state index contributed by atoms with van der Waals surface area (Å²) in [5.74, 6) is 0.222. The SMILES string of the molecule is CCCCN(CCCC)C(=O)Cn1c(-c2ccc(C)cc2)cc2ccc(C)cc21. The number of amides is 1. The Morgan fingerprint density at radius 1 is 0.862 bits per heavy atom. The third kappa shape index (κ3) is 5.09. The van der Waals surface area contributed by atoms with Crippen molar-refractivity contribution in [3.8, 4) is 11.3 Å². The van der Waals surface area contributed by atoms with E-state index in [0.717, 1.165) is 55.5 Å². The van der Waals surface area contributed by atoms with Gasteiger partial charge in [-0.25, -0.2) is 0 Å². The molecule has 0 bridgehead atoms. The number of carbonyl (C=O) groups excluding carboxylic acids is 1. The lowest BCUT2D eigenvalue weighted by Crippen LogP contribution is -2.35. The van der Waals surface area contributed by atoms with E-state index in [1.807, 2.05) is 0 Å². The molecule has 1 amide bonds. The van der Waals surface area contributed by atoms with Gasteiger partial charge in [-0.3, -0.25) is 4.79 Å². The van der Waals surface area contributed by atoms with Crippen LogP contribution in [0.2, 0.25) is 0 Å². The average molecular weight is 391 g/mol. The van der Waals surface area contributed by atoms with E-state index in [2.05, 4.69) is 85.7 Å². The summed E-state index contributed by atoms with van der Waals surface area (Å²) in [6, 6.07) is 17.3. The Labute approximate surface area is 175 Å². The summed E-state index contributed by atoms with van der Waals surface area (Å²) in [6.45, 7) is 10.7. The smallest absolute Gasteiger partial charge is 0.242 e. The van der Waals surface area contributed by atoms with E-state index in [1.54, 1.807) is 0 Å². The number of hydrogen-bond donors (Lipinski definition) is 0. The highest BCUT2D eigenvalue weighted by Crippen LogP contribution is 2.29. The maximum Gasteiger partial charge on any atom is 0.242 e. The minimum Gasteiger partial charge on any atom is -0.341 e. The van der Waals surface area contributed by atoms with Gasteiger partial charge in [-0.05, 0) is 49.9 Å². The summed E-state index contributed by atoms with van der Waals surface area (Å²) in [6.07, 6.45) is 4.34.